The quantitative estimate of drug-likeness (QED) is 0.620. The number of carbonyl (C=O) groups is 2. The highest BCUT2D eigenvalue weighted by molar-refractivity contribution is 5.85. The highest BCUT2D eigenvalue weighted by Gasteiger charge is 2.25. The summed E-state index contributed by atoms with van der Waals surface area (Å²) < 4.78 is 5.04. The number of nitrogens with zero attached hydrogens (tertiary/aromatic N) is 1. The van der Waals surface area contributed by atoms with Crippen molar-refractivity contribution < 1.29 is 19.4 Å². The number of primary amides is 1. The fourth-order valence-electron chi connectivity index (χ4n) is 1.21. The van der Waals surface area contributed by atoms with Crippen LogP contribution in [-0.4, -0.2) is 54.2 Å². The van der Waals surface area contributed by atoms with Crippen molar-refractivity contribution in [3.8, 4) is 0 Å². The lowest BCUT2D eigenvalue weighted by molar-refractivity contribution is -0.144. The second-order valence-electron chi connectivity index (χ2n) is 2.89. The zero-order valence-corrected chi connectivity index (χ0v) is 8.33. The Bertz CT molecular complexity index is 224. The van der Waals surface area contributed by atoms with E-state index in [0.29, 0.717) is 13.2 Å². The maximum absolute atomic E-state index is 10.7. The first-order chi connectivity index (χ1) is 6.09. The summed E-state index contributed by atoms with van der Waals surface area (Å²) in [4.78, 5) is 22.7. The van der Waals surface area contributed by atoms with Gasteiger partial charge in [0.15, 0.2) is 0 Å². The van der Waals surface area contributed by atoms with E-state index in [2.05, 4.69) is 0 Å². The van der Waals surface area contributed by atoms with E-state index in [1.165, 1.54) is 0 Å². The lowest BCUT2D eigenvalue weighted by Gasteiger charge is -2.29. The number of hydrogen-bond acceptors (Lipinski definition) is 4. The summed E-state index contributed by atoms with van der Waals surface area (Å²) >= 11 is 0. The van der Waals surface area contributed by atoms with Crippen molar-refractivity contribution in [2.24, 2.45) is 5.73 Å². The van der Waals surface area contributed by atoms with Gasteiger partial charge in [-0.25, -0.2) is 0 Å². The van der Waals surface area contributed by atoms with Gasteiger partial charge in [-0.2, -0.15) is 0 Å². The molecule has 0 aromatic heterocycles. The number of amides is 1. The third kappa shape index (κ3) is 3.91. The predicted octanol–water partition coefficient (Wildman–Crippen LogP) is -1.32. The van der Waals surface area contributed by atoms with Gasteiger partial charge in [0.2, 0.25) is 5.91 Å². The van der Waals surface area contributed by atoms with Crippen LogP contribution < -0.4 is 5.73 Å². The van der Waals surface area contributed by atoms with E-state index in [9.17, 15) is 9.59 Å². The van der Waals surface area contributed by atoms with Crippen molar-refractivity contribution in [2.75, 3.05) is 26.2 Å². The SMILES string of the molecule is Cl.NC(=O)C1CN(CC(=O)O)CCO1. The zero-order chi connectivity index (χ0) is 9.84. The molecule has 0 aromatic rings. The largest absolute Gasteiger partial charge is 0.480 e. The minimum atomic E-state index is -0.912. The van der Waals surface area contributed by atoms with Gasteiger partial charge >= 0.3 is 5.97 Å². The molecule has 3 N–H and O–H groups in total. The smallest absolute Gasteiger partial charge is 0.317 e. The van der Waals surface area contributed by atoms with Crippen LogP contribution in [0.4, 0.5) is 0 Å². The Morgan fingerprint density at radius 1 is 1.57 bits per heavy atom. The van der Waals surface area contributed by atoms with Gasteiger partial charge < -0.3 is 15.6 Å². The summed E-state index contributed by atoms with van der Waals surface area (Å²) in [5, 5.41) is 8.49. The number of carboxylic acids is 1. The summed E-state index contributed by atoms with van der Waals surface area (Å²) in [5.74, 6) is -1.46. The average molecular weight is 225 g/mol. The number of nitrogens with two attached hydrogens (primary N) is 1. The summed E-state index contributed by atoms with van der Waals surface area (Å²) in [6.07, 6.45) is -0.673. The van der Waals surface area contributed by atoms with Crippen molar-refractivity contribution in [2.45, 2.75) is 6.10 Å². The van der Waals surface area contributed by atoms with Crippen LogP contribution in [0.15, 0.2) is 0 Å². The third-order valence-electron chi connectivity index (χ3n) is 1.83. The Balaban J connectivity index is 0.00000169. The molecular formula is C7H13ClN2O4. The molecule has 0 aliphatic carbocycles. The molecule has 0 radical (unpaired) electrons. The van der Waals surface area contributed by atoms with Crippen molar-refractivity contribution >= 4 is 24.3 Å². The Morgan fingerprint density at radius 2 is 2.21 bits per heavy atom. The number of rotatable bonds is 3. The molecule has 1 fully saturated rings. The summed E-state index contributed by atoms with van der Waals surface area (Å²) in [5.41, 5.74) is 5.02. The second-order valence-corrected chi connectivity index (χ2v) is 2.89. The fraction of sp³-hybridized carbons (Fsp3) is 0.714. The molecule has 0 bridgehead atoms. The maximum Gasteiger partial charge on any atom is 0.317 e. The molecule has 0 aromatic carbocycles. The van der Waals surface area contributed by atoms with Crippen molar-refractivity contribution in [1.82, 2.24) is 4.90 Å². The molecular weight excluding hydrogens is 212 g/mol. The van der Waals surface area contributed by atoms with Gasteiger partial charge in [-0.05, 0) is 0 Å². The molecule has 1 heterocycles. The zero-order valence-electron chi connectivity index (χ0n) is 7.51. The topological polar surface area (TPSA) is 92.9 Å². The maximum atomic E-state index is 10.7. The first-order valence-corrected chi connectivity index (χ1v) is 3.94. The fourth-order valence-corrected chi connectivity index (χ4v) is 1.21. The molecule has 1 rings (SSSR count). The van der Waals surface area contributed by atoms with E-state index in [1.807, 2.05) is 0 Å². The molecule has 1 amide bonds. The third-order valence-corrected chi connectivity index (χ3v) is 1.83. The van der Waals surface area contributed by atoms with Crippen LogP contribution in [-0.2, 0) is 14.3 Å². The Labute approximate surface area is 87.4 Å². The van der Waals surface area contributed by atoms with Gasteiger partial charge in [-0.15, -0.1) is 12.4 Å². The Kier molecular flexibility index (Phi) is 5.44. The lowest BCUT2D eigenvalue weighted by Crippen LogP contribution is -2.49. The Hall–Kier alpha value is -0.850. The van der Waals surface area contributed by atoms with E-state index in [-0.39, 0.29) is 25.5 Å². The van der Waals surface area contributed by atoms with Gasteiger partial charge in [0, 0.05) is 13.1 Å². The molecule has 1 saturated heterocycles. The van der Waals surface area contributed by atoms with E-state index < -0.39 is 18.0 Å². The molecule has 6 nitrogen and oxygen atoms in total. The minimum Gasteiger partial charge on any atom is -0.480 e. The van der Waals surface area contributed by atoms with Gasteiger partial charge in [0.05, 0.1) is 13.2 Å². The number of morpholine rings is 1. The van der Waals surface area contributed by atoms with Gasteiger partial charge in [-0.1, -0.05) is 0 Å². The van der Waals surface area contributed by atoms with E-state index in [4.69, 9.17) is 15.6 Å². The van der Waals surface area contributed by atoms with Gasteiger partial charge in [0.25, 0.3) is 0 Å². The lowest BCUT2D eigenvalue weighted by atomic mass is 10.2. The minimum absolute atomic E-state index is 0. The molecule has 82 valence electrons. The number of aliphatic carboxylic acids is 1. The molecule has 14 heavy (non-hydrogen) atoms. The van der Waals surface area contributed by atoms with Gasteiger partial charge in [-0.3, -0.25) is 14.5 Å². The van der Waals surface area contributed by atoms with Crippen LogP contribution >= 0.6 is 12.4 Å². The molecule has 1 aliphatic rings. The van der Waals surface area contributed by atoms with Crippen molar-refractivity contribution in [3.63, 3.8) is 0 Å². The molecule has 0 saturated carbocycles. The van der Waals surface area contributed by atoms with Crippen LogP contribution in [0.1, 0.15) is 0 Å². The Morgan fingerprint density at radius 3 is 2.71 bits per heavy atom. The molecule has 1 aliphatic heterocycles. The monoisotopic (exact) mass is 224 g/mol. The normalized spacial score (nSPS) is 22.4. The van der Waals surface area contributed by atoms with Crippen LogP contribution in [0.25, 0.3) is 0 Å². The number of halogens is 1. The number of carboxylic acid groups (broad SMARTS) is 1. The van der Waals surface area contributed by atoms with Crippen LogP contribution in [0.3, 0.4) is 0 Å². The highest BCUT2D eigenvalue weighted by Crippen LogP contribution is 2.03. The van der Waals surface area contributed by atoms with Crippen molar-refractivity contribution in [1.29, 1.82) is 0 Å². The predicted molar refractivity (Wildman–Crippen MR) is 50.3 cm³/mol. The number of ether oxygens (including phenoxy) is 1. The first kappa shape index (κ1) is 13.2. The van der Waals surface area contributed by atoms with E-state index >= 15 is 0 Å². The molecule has 1 unspecified atom stereocenters. The van der Waals surface area contributed by atoms with E-state index in [1.54, 1.807) is 4.90 Å². The summed E-state index contributed by atoms with van der Waals surface area (Å²) in [7, 11) is 0. The van der Waals surface area contributed by atoms with Gasteiger partial charge in [0.1, 0.15) is 6.10 Å². The second kappa shape index (κ2) is 5.79. The van der Waals surface area contributed by atoms with Crippen LogP contribution in [0, 0.1) is 0 Å². The average Bonchev–Trinajstić information content (AvgIpc) is 2.03. The standard InChI is InChI=1S/C7H12N2O4.ClH/c8-7(12)5-3-9(1-2-13-5)4-6(10)11;/h5H,1-4H2,(H2,8,12)(H,10,11);1H. The summed E-state index contributed by atoms with van der Waals surface area (Å²) in [6, 6.07) is 0. The molecule has 1 atom stereocenters. The summed E-state index contributed by atoms with van der Waals surface area (Å²) in [6.45, 7) is 1.06. The first-order valence-electron chi connectivity index (χ1n) is 3.94. The highest BCUT2D eigenvalue weighted by atomic mass is 35.5. The number of carbonyl (C=O) groups excluding carboxylic acids is 1. The van der Waals surface area contributed by atoms with Crippen molar-refractivity contribution in [3.05, 3.63) is 0 Å². The van der Waals surface area contributed by atoms with Crippen LogP contribution in [0.2, 0.25) is 0 Å². The molecule has 0 spiro atoms. The molecule has 7 heteroatoms. The number of hydrogen-bond donors (Lipinski definition) is 2. The van der Waals surface area contributed by atoms with E-state index in [0.717, 1.165) is 0 Å². The van der Waals surface area contributed by atoms with Crippen LogP contribution in [0.5, 0.6) is 0 Å².